The quantitative estimate of drug-likeness (QED) is 0.921. The van der Waals surface area contributed by atoms with Gasteiger partial charge in [-0.1, -0.05) is 12.1 Å². The van der Waals surface area contributed by atoms with Crippen molar-refractivity contribution in [2.45, 2.75) is 44.4 Å². The summed E-state index contributed by atoms with van der Waals surface area (Å²) in [5.41, 5.74) is 0.113. The minimum Gasteiger partial charge on any atom is -0.481 e. The number of aliphatic carboxylic acids is 1. The van der Waals surface area contributed by atoms with Gasteiger partial charge in [0.25, 0.3) is 0 Å². The predicted molar refractivity (Wildman–Crippen MR) is 71.8 cm³/mol. The first-order valence-corrected chi connectivity index (χ1v) is 6.93. The van der Waals surface area contributed by atoms with Crippen LogP contribution in [0, 0.1) is 0 Å². The zero-order valence-electron chi connectivity index (χ0n) is 11.7. The monoisotopic (exact) mass is 301 g/mol. The van der Waals surface area contributed by atoms with Crippen LogP contribution in [0.15, 0.2) is 24.3 Å². The average molecular weight is 301 g/mol. The highest BCUT2D eigenvalue weighted by Gasteiger charge is 2.32. The third-order valence-corrected chi connectivity index (χ3v) is 4.05. The molecule has 116 valence electrons. The maximum atomic E-state index is 12.6. The van der Waals surface area contributed by atoms with E-state index in [0.29, 0.717) is 0 Å². The number of hydrogen-bond donors (Lipinski definition) is 1. The SMILES string of the molecule is CC(c1ccc(C(F)(F)F)cc1)N1CCCC1CC(=O)O. The van der Waals surface area contributed by atoms with Crippen LogP contribution in [0.3, 0.4) is 0 Å². The van der Waals surface area contributed by atoms with Crippen LogP contribution in [0.1, 0.15) is 43.4 Å². The molecule has 0 amide bonds. The highest BCUT2D eigenvalue weighted by Crippen LogP contribution is 2.33. The number of benzene rings is 1. The molecule has 6 heteroatoms. The molecule has 2 atom stereocenters. The molecule has 1 N–H and O–H groups in total. The Balaban J connectivity index is 2.12. The molecule has 0 aliphatic carbocycles. The van der Waals surface area contributed by atoms with Gasteiger partial charge in [-0.3, -0.25) is 9.69 Å². The minimum atomic E-state index is -4.33. The summed E-state index contributed by atoms with van der Waals surface area (Å²) >= 11 is 0. The largest absolute Gasteiger partial charge is 0.481 e. The second-order valence-electron chi connectivity index (χ2n) is 5.43. The number of halogens is 3. The van der Waals surface area contributed by atoms with Gasteiger partial charge in [0.1, 0.15) is 0 Å². The summed E-state index contributed by atoms with van der Waals surface area (Å²) < 4.78 is 37.7. The maximum absolute atomic E-state index is 12.6. The summed E-state index contributed by atoms with van der Waals surface area (Å²) in [6.45, 7) is 2.68. The molecule has 3 nitrogen and oxygen atoms in total. The summed E-state index contributed by atoms with van der Waals surface area (Å²) in [6, 6.07) is 4.98. The number of carbonyl (C=O) groups is 1. The van der Waals surface area contributed by atoms with Gasteiger partial charge in [-0.15, -0.1) is 0 Å². The van der Waals surface area contributed by atoms with E-state index in [2.05, 4.69) is 4.90 Å². The number of hydrogen-bond acceptors (Lipinski definition) is 2. The van der Waals surface area contributed by atoms with Crippen LogP contribution >= 0.6 is 0 Å². The van der Waals surface area contributed by atoms with E-state index in [1.807, 2.05) is 6.92 Å². The Morgan fingerprint density at radius 3 is 2.52 bits per heavy atom. The van der Waals surface area contributed by atoms with Crippen molar-refractivity contribution in [3.05, 3.63) is 35.4 Å². The highest BCUT2D eigenvalue weighted by atomic mass is 19.4. The standard InChI is InChI=1S/C15H18F3NO2/c1-10(19-8-2-3-13(19)9-14(20)21)11-4-6-12(7-5-11)15(16,17)18/h4-7,10,13H,2-3,8-9H2,1H3,(H,20,21). The van der Waals surface area contributed by atoms with Crippen molar-refractivity contribution in [3.63, 3.8) is 0 Å². The zero-order chi connectivity index (χ0) is 15.6. The van der Waals surface area contributed by atoms with E-state index in [0.717, 1.165) is 37.1 Å². The van der Waals surface area contributed by atoms with Crippen LogP contribution in [0.2, 0.25) is 0 Å². The van der Waals surface area contributed by atoms with Crippen LogP contribution in [0.25, 0.3) is 0 Å². The van der Waals surface area contributed by atoms with Crippen molar-refractivity contribution in [3.8, 4) is 0 Å². The molecule has 1 aromatic rings. The minimum absolute atomic E-state index is 0.0419. The predicted octanol–water partition coefficient (Wildman–Crippen LogP) is 3.71. The topological polar surface area (TPSA) is 40.5 Å². The lowest BCUT2D eigenvalue weighted by Crippen LogP contribution is -2.33. The smallest absolute Gasteiger partial charge is 0.416 e. The van der Waals surface area contributed by atoms with Crippen LogP contribution in [0.5, 0.6) is 0 Å². The molecule has 1 saturated heterocycles. The molecule has 21 heavy (non-hydrogen) atoms. The van der Waals surface area contributed by atoms with Crippen molar-refractivity contribution in [2.75, 3.05) is 6.54 Å². The summed E-state index contributed by atoms with van der Waals surface area (Å²) in [5.74, 6) is -0.841. The van der Waals surface area contributed by atoms with Crippen LogP contribution in [-0.4, -0.2) is 28.6 Å². The lowest BCUT2D eigenvalue weighted by molar-refractivity contribution is -0.139. The fourth-order valence-electron chi connectivity index (χ4n) is 2.93. The van der Waals surface area contributed by atoms with Crippen molar-refractivity contribution in [1.82, 2.24) is 4.90 Å². The van der Waals surface area contributed by atoms with Crippen molar-refractivity contribution in [1.29, 1.82) is 0 Å². The van der Waals surface area contributed by atoms with Gasteiger partial charge in [0, 0.05) is 12.1 Å². The van der Waals surface area contributed by atoms with E-state index < -0.39 is 17.7 Å². The molecule has 1 aliphatic heterocycles. The van der Waals surface area contributed by atoms with Crippen LogP contribution in [-0.2, 0) is 11.0 Å². The van der Waals surface area contributed by atoms with Crippen molar-refractivity contribution >= 4 is 5.97 Å². The van der Waals surface area contributed by atoms with Gasteiger partial charge < -0.3 is 5.11 Å². The second kappa shape index (κ2) is 6.05. The molecule has 1 aromatic carbocycles. The molecule has 2 rings (SSSR count). The Labute approximate surface area is 121 Å². The van der Waals surface area contributed by atoms with E-state index in [9.17, 15) is 18.0 Å². The third-order valence-electron chi connectivity index (χ3n) is 4.05. The van der Waals surface area contributed by atoms with Crippen molar-refractivity contribution in [2.24, 2.45) is 0 Å². The Bertz CT molecular complexity index is 499. The van der Waals surface area contributed by atoms with E-state index in [1.54, 1.807) is 0 Å². The third kappa shape index (κ3) is 3.75. The zero-order valence-corrected chi connectivity index (χ0v) is 11.7. The van der Waals surface area contributed by atoms with Gasteiger partial charge in [0.05, 0.1) is 12.0 Å². The van der Waals surface area contributed by atoms with Gasteiger partial charge in [0.15, 0.2) is 0 Å². The van der Waals surface area contributed by atoms with E-state index in [-0.39, 0.29) is 18.5 Å². The number of rotatable bonds is 4. The number of likely N-dealkylation sites (tertiary alicyclic amines) is 1. The van der Waals surface area contributed by atoms with Gasteiger partial charge in [-0.2, -0.15) is 13.2 Å². The van der Waals surface area contributed by atoms with Crippen molar-refractivity contribution < 1.29 is 23.1 Å². The Kier molecular flexibility index (Phi) is 4.56. The Morgan fingerprint density at radius 2 is 2.00 bits per heavy atom. The average Bonchev–Trinajstić information content (AvgIpc) is 2.84. The second-order valence-corrected chi connectivity index (χ2v) is 5.43. The molecule has 1 aliphatic rings. The summed E-state index contributed by atoms with van der Waals surface area (Å²) in [5, 5.41) is 8.92. The summed E-state index contributed by atoms with van der Waals surface area (Å²) in [6.07, 6.45) is -2.52. The molecule has 0 spiro atoms. The molecule has 0 bridgehead atoms. The summed E-state index contributed by atoms with van der Waals surface area (Å²) in [4.78, 5) is 12.9. The van der Waals surface area contributed by atoms with Gasteiger partial charge >= 0.3 is 12.1 Å². The lowest BCUT2D eigenvalue weighted by atomic mass is 10.0. The molecule has 1 heterocycles. The molecule has 0 saturated carbocycles. The number of carboxylic acids is 1. The first-order chi connectivity index (χ1) is 9.79. The maximum Gasteiger partial charge on any atom is 0.416 e. The van der Waals surface area contributed by atoms with E-state index in [1.165, 1.54) is 12.1 Å². The molecule has 2 unspecified atom stereocenters. The number of carboxylic acid groups (broad SMARTS) is 1. The molecule has 0 aromatic heterocycles. The normalized spacial score (nSPS) is 21.4. The van der Waals surface area contributed by atoms with E-state index in [4.69, 9.17) is 5.11 Å². The first kappa shape index (κ1) is 15.8. The van der Waals surface area contributed by atoms with Crippen LogP contribution in [0.4, 0.5) is 13.2 Å². The van der Waals surface area contributed by atoms with Gasteiger partial charge in [-0.05, 0) is 44.0 Å². The van der Waals surface area contributed by atoms with E-state index >= 15 is 0 Å². The van der Waals surface area contributed by atoms with Gasteiger partial charge in [-0.25, -0.2) is 0 Å². The fraction of sp³-hybridized carbons (Fsp3) is 0.533. The lowest BCUT2D eigenvalue weighted by Gasteiger charge is -2.30. The molecule has 0 radical (unpaired) electrons. The molecular weight excluding hydrogens is 283 g/mol. The number of alkyl halides is 3. The molecule has 1 fully saturated rings. The highest BCUT2D eigenvalue weighted by molar-refractivity contribution is 5.67. The fourth-order valence-corrected chi connectivity index (χ4v) is 2.93. The van der Waals surface area contributed by atoms with Crippen LogP contribution < -0.4 is 0 Å². The number of nitrogens with zero attached hydrogens (tertiary/aromatic N) is 1. The van der Waals surface area contributed by atoms with Gasteiger partial charge in [0.2, 0.25) is 0 Å². The Morgan fingerprint density at radius 1 is 1.38 bits per heavy atom. The first-order valence-electron chi connectivity index (χ1n) is 6.93. The molecular formula is C15H18F3NO2. The Hall–Kier alpha value is -1.56. The summed E-state index contributed by atoms with van der Waals surface area (Å²) in [7, 11) is 0.